The average Bonchev–Trinajstić information content (AvgIpc) is 3.28. The molecule has 2 N–H and O–H groups in total. The van der Waals surface area contributed by atoms with Crippen molar-refractivity contribution in [1.29, 1.82) is 0 Å². The molecule has 0 unspecified atom stereocenters. The van der Waals surface area contributed by atoms with Gasteiger partial charge in [-0.25, -0.2) is 0 Å². The van der Waals surface area contributed by atoms with Crippen molar-refractivity contribution in [3.63, 3.8) is 0 Å². The standard InChI is InChI=1S/C26H31N3O3/c1-17(2)16-31-22-12-11-20(15-21(22)26(3)13-5-4-6-14-26)24-28-25(32-29-24)19-9-7-18(8-10-19)23(27)30/h7-12,15,17H,4-6,13-14,16H2,1-3H3,(H2,27,30). The third kappa shape index (κ3) is 4.69. The van der Waals surface area contributed by atoms with E-state index in [2.05, 4.69) is 37.0 Å². The molecule has 32 heavy (non-hydrogen) atoms. The van der Waals surface area contributed by atoms with E-state index in [0.717, 1.165) is 29.7 Å². The second kappa shape index (κ2) is 9.15. The van der Waals surface area contributed by atoms with Gasteiger partial charge in [0.05, 0.1) is 6.61 Å². The average molecular weight is 434 g/mol. The van der Waals surface area contributed by atoms with Crippen molar-refractivity contribution < 1.29 is 14.1 Å². The Morgan fingerprint density at radius 3 is 2.44 bits per heavy atom. The summed E-state index contributed by atoms with van der Waals surface area (Å²) in [7, 11) is 0. The van der Waals surface area contributed by atoms with Crippen LogP contribution in [0.2, 0.25) is 0 Å². The molecule has 6 heteroatoms. The van der Waals surface area contributed by atoms with Crippen LogP contribution in [-0.2, 0) is 5.41 Å². The minimum absolute atomic E-state index is 0.0811. The lowest BCUT2D eigenvalue weighted by atomic mass is 9.70. The van der Waals surface area contributed by atoms with E-state index in [1.54, 1.807) is 24.3 Å². The van der Waals surface area contributed by atoms with Gasteiger partial charge in [-0.3, -0.25) is 4.79 Å². The molecule has 0 atom stereocenters. The molecule has 1 aliphatic rings. The van der Waals surface area contributed by atoms with Crippen LogP contribution in [-0.4, -0.2) is 22.7 Å². The zero-order valence-electron chi connectivity index (χ0n) is 19.1. The van der Waals surface area contributed by atoms with Crippen LogP contribution in [0, 0.1) is 5.92 Å². The topological polar surface area (TPSA) is 91.2 Å². The molecule has 168 valence electrons. The van der Waals surface area contributed by atoms with Gasteiger partial charge < -0.3 is 15.0 Å². The molecule has 6 nitrogen and oxygen atoms in total. The highest BCUT2D eigenvalue weighted by Gasteiger charge is 2.32. The van der Waals surface area contributed by atoms with Crippen LogP contribution in [0.3, 0.4) is 0 Å². The predicted octanol–water partition coefficient (Wildman–Crippen LogP) is 5.76. The number of aromatic nitrogens is 2. The highest BCUT2D eigenvalue weighted by Crippen LogP contribution is 2.44. The maximum absolute atomic E-state index is 11.3. The van der Waals surface area contributed by atoms with Crippen molar-refractivity contribution in [2.75, 3.05) is 6.61 Å². The number of hydrogen-bond acceptors (Lipinski definition) is 5. The van der Waals surface area contributed by atoms with Crippen molar-refractivity contribution >= 4 is 5.91 Å². The van der Waals surface area contributed by atoms with Crippen molar-refractivity contribution in [3.05, 3.63) is 53.6 Å². The molecule has 1 fully saturated rings. The van der Waals surface area contributed by atoms with E-state index >= 15 is 0 Å². The van der Waals surface area contributed by atoms with E-state index in [0.29, 0.717) is 29.8 Å². The minimum atomic E-state index is -0.466. The number of primary amides is 1. The fraction of sp³-hybridized carbons (Fsp3) is 0.423. The van der Waals surface area contributed by atoms with Gasteiger partial charge >= 0.3 is 0 Å². The molecule has 1 heterocycles. The first-order valence-corrected chi connectivity index (χ1v) is 11.4. The van der Waals surface area contributed by atoms with Crippen LogP contribution >= 0.6 is 0 Å². The molecule has 0 radical (unpaired) electrons. The maximum Gasteiger partial charge on any atom is 0.258 e. The number of hydrogen-bond donors (Lipinski definition) is 1. The van der Waals surface area contributed by atoms with Gasteiger partial charge in [0.25, 0.3) is 5.89 Å². The third-order valence-corrected chi connectivity index (χ3v) is 6.26. The zero-order chi connectivity index (χ0) is 22.7. The van der Waals surface area contributed by atoms with Gasteiger partial charge in [0, 0.05) is 22.3 Å². The molecule has 1 aromatic heterocycles. The number of nitrogens with two attached hydrogens (primary N) is 1. The van der Waals surface area contributed by atoms with E-state index in [9.17, 15) is 4.79 Å². The van der Waals surface area contributed by atoms with E-state index in [1.165, 1.54) is 24.8 Å². The normalized spacial score (nSPS) is 15.6. The zero-order valence-corrected chi connectivity index (χ0v) is 19.1. The van der Waals surface area contributed by atoms with Crippen LogP contribution in [0.4, 0.5) is 0 Å². The fourth-order valence-electron chi connectivity index (χ4n) is 4.36. The van der Waals surface area contributed by atoms with Crippen LogP contribution in [0.15, 0.2) is 47.0 Å². The van der Waals surface area contributed by atoms with Crippen molar-refractivity contribution in [3.8, 4) is 28.6 Å². The number of ether oxygens (including phenoxy) is 1. The van der Waals surface area contributed by atoms with E-state index in [1.807, 2.05) is 12.1 Å². The highest BCUT2D eigenvalue weighted by atomic mass is 16.5. The Balaban J connectivity index is 1.66. The Kier molecular flexibility index (Phi) is 6.31. The summed E-state index contributed by atoms with van der Waals surface area (Å²) in [6, 6.07) is 13.0. The first kappa shape index (κ1) is 22.1. The number of carbonyl (C=O) groups is 1. The lowest BCUT2D eigenvalue weighted by Crippen LogP contribution is -2.26. The largest absolute Gasteiger partial charge is 0.493 e. The van der Waals surface area contributed by atoms with Crippen LogP contribution in [0.25, 0.3) is 22.8 Å². The van der Waals surface area contributed by atoms with Crippen molar-refractivity contribution in [1.82, 2.24) is 10.1 Å². The minimum Gasteiger partial charge on any atom is -0.493 e. The second-order valence-electron chi connectivity index (χ2n) is 9.40. The third-order valence-electron chi connectivity index (χ3n) is 6.26. The summed E-state index contributed by atoms with van der Waals surface area (Å²) in [5.41, 5.74) is 8.72. The van der Waals surface area contributed by atoms with Gasteiger partial charge in [0.15, 0.2) is 0 Å². The molecule has 1 saturated carbocycles. The fourth-order valence-corrected chi connectivity index (χ4v) is 4.36. The van der Waals surface area contributed by atoms with Crippen LogP contribution < -0.4 is 10.5 Å². The summed E-state index contributed by atoms with van der Waals surface area (Å²) in [4.78, 5) is 15.9. The molecular weight excluding hydrogens is 402 g/mol. The Labute approximate surface area is 189 Å². The molecule has 3 aromatic rings. The summed E-state index contributed by atoms with van der Waals surface area (Å²) < 4.78 is 11.7. The smallest absolute Gasteiger partial charge is 0.258 e. The summed E-state index contributed by atoms with van der Waals surface area (Å²) in [5, 5.41) is 4.21. The van der Waals surface area contributed by atoms with Gasteiger partial charge in [-0.1, -0.05) is 45.2 Å². The number of carbonyl (C=O) groups excluding carboxylic acids is 1. The lowest BCUT2D eigenvalue weighted by molar-refractivity contribution is 0.100. The van der Waals surface area contributed by atoms with E-state index in [-0.39, 0.29) is 5.41 Å². The summed E-state index contributed by atoms with van der Waals surface area (Å²) >= 11 is 0. The SMILES string of the molecule is CC(C)COc1ccc(-c2noc(-c3ccc(C(N)=O)cc3)n2)cc1C1(C)CCCCC1. The molecule has 2 aromatic carbocycles. The summed E-state index contributed by atoms with van der Waals surface area (Å²) in [6.07, 6.45) is 6.06. The number of nitrogens with zero attached hydrogens (tertiary/aromatic N) is 2. The van der Waals surface area contributed by atoms with Gasteiger partial charge in [-0.2, -0.15) is 4.98 Å². The van der Waals surface area contributed by atoms with Crippen LogP contribution in [0.1, 0.15) is 68.8 Å². The van der Waals surface area contributed by atoms with Gasteiger partial charge in [0.2, 0.25) is 11.7 Å². The van der Waals surface area contributed by atoms with Crippen molar-refractivity contribution in [2.45, 2.75) is 58.3 Å². The second-order valence-corrected chi connectivity index (χ2v) is 9.40. The number of amides is 1. The Morgan fingerprint density at radius 1 is 1.09 bits per heavy atom. The molecule has 0 aliphatic heterocycles. The molecule has 0 bridgehead atoms. The molecular formula is C26H31N3O3. The van der Waals surface area contributed by atoms with E-state index in [4.69, 9.17) is 15.0 Å². The summed E-state index contributed by atoms with van der Waals surface area (Å²) in [5.74, 6) is 1.89. The molecule has 0 spiro atoms. The Morgan fingerprint density at radius 2 is 1.78 bits per heavy atom. The molecule has 0 saturated heterocycles. The molecule has 1 amide bonds. The van der Waals surface area contributed by atoms with Crippen molar-refractivity contribution in [2.24, 2.45) is 11.7 Å². The first-order valence-electron chi connectivity index (χ1n) is 11.4. The Bertz CT molecular complexity index is 1080. The van der Waals surface area contributed by atoms with Gasteiger partial charge in [0.1, 0.15) is 5.75 Å². The number of benzene rings is 2. The molecule has 1 aliphatic carbocycles. The first-order chi connectivity index (χ1) is 15.4. The number of rotatable bonds is 7. The predicted molar refractivity (Wildman–Crippen MR) is 124 cm³/mol. The lowest BCUT2D eigenvalue weighted by Gasteiger charge is -2.35. The monoisotopic (exact) mass is 433 g/mol. The quantitative estimate of drug-likeness (QED) is 0.511. The van der Waals surface area contributed by atoms with Crippen LogP contribution in [0.5, 0.6) is 5.75 Å². The Hall–Kier alpha value is -3.15. The van der Waals surface area contributed by atoms with E-state index < -0.39 is 5.91 Å². The molecule has 4 rings (SSSR count). The maximum atomic E-state index is 11.3. The summed E-state index contributed by atoms with van der Waals surface area (Å²) in [6.45, 7) is 7.35. The van der Waals surface area contributed by atoms with Gasteiger partial charge in [-0.15, -0.1) is 0 Å². The van der Waals surface area contributed by atoms with Gasteiger partial charge in [-0.05, 0) is 66.6 Å². The highest BCUT2D eigenvalue weighted by molar-refractivity contribution is 5.93.